The maximum Gasteiger partial charge on any atom is 0.511 e. The maximum atomic E-state index is 12.3. The van der Waals surface area contributed by atoms with Gasteiger partial charge in [0.2, 0.25) is 5.88 Å². The predicted octanol–water partition coefficient (Wildman–Crippen LogP) is 2.16. The van der Waals surface area contributed by atoms with Crippen LogP contribution in [0.3, 0.4) is 0 Å². The molecule has 0 saturated carbocycles. The van der Waals surface area contributed by atoms with E-state index < -0.39 is 30.1 Å². The van der Waals surface area contributed by atoms with E-state index in [1.165, 1.54) is 0 Å². The second-order valence-electron chi connectivity index (χ2n) is 2.90. The third-order valence-corrected chi connectivity index (χ3v) is 1.75. The van der Waals surface area contributed by atoms with E-state index in [4.69, 9.17) is 0 Å². The van der Waals surface area contributed by atoms with Gasteiger partial charge in [-0.25, -0.2) is 4.98 Å². The molecule has 0 atom stereocenters. The molecule has 0 amide bonds. The molecule has 1 heterocycles. The van der Waals surface area contributed by atoms with Crippen LogP contribution in [0.1, 0.15) is 5.56 Å². The molecule has 0 bridgehead atoms. The number of hydrogen-bond donors (Lipinski definition) is 0. The Morgan fingerprint density at radius 2 is 1.81 bits per heavy atom. The number of methoxy groups -OCH3 is 1. The highest BCUT2D eigenvalue weighted by Crippen LogP contribution is 2.34. The highest BCUT2D eigenvalue weighted by Gasteiger charge is 2.37. The van der Waals surface area contributed by atoms with Crippen LogP contribution in [0.25, 0.3) is 0 Å². The Morgan fingerprint density at radius 1 is 1.25 bits per heavy atom. The standard InChI is InChI=1S/C7H5BF6NO/c1-16-6-5(7(9,10)11)2-4(3-15-6)8(12,13)14/h2-3H,1H3/q-1. The fraction of sp³-hybridized carbons (Fsp3) is 0.286. The Labute approximate surface area is 86.3 Å². The summed E-state index contributed by atoms with van der Waals surface area (Å²) in [4.78, 5) is 2.98. The molecule has 1 aromatic rings. The van der Waals surface area contributed by atoms with Crippen LogP contribution in [0.4, 0.5) is 26.1 Å². The van der Waals surface area contributed by atoms with E-state index in [0.717, 1.165) is 7.11 Å². The van der Waals surface area contributed by atoms with Crippen molar-refractivity contribution >= 4 is 12.4 Å². The predicted molar refractivity (Wildman–Crippen MR) is 44.5 cm³/mol. The van der Waals surface area contributed by atoms with Crippen molar-refractivity contribution < 1.29 is 30.9 Å². The van der Waals surface area contributed by atoms with Crippen LogP contribution in [0.2, 0.25) is 0 Å². The lowest BCUT2D eigenvalue weighted by Crippen LogP contribution is -2.35. The summed E-state index contributed by atoms with van der Waals surface area (Å²) in [6, 6.07) is -0.00810. The zero-order chi connectivity index (χ0) is 12.6. The second-order valence-corrected chi connectivity index (χ2v) is 2.90. The van der Waals surface area contributed by atoms with Crippen molar-refractivity contribution in [3.05, 3.63) is 17.8 Å². The van der Waals surface area contributed by atoms with Crippen LogP contribution in [-0.4, -0.2) is 19.1 Å². The molecule has 0 aliphatic heterocycles. The van der Waals surface area contributed by atoms with Crippen molar-refractivity contribution in [1.29, 1.82) is 0 Å². The number of pyridine rings is 1. The lowest BCUT2D eigenvalue weighted by Gasteiger charge is -2.17. The Bertz CT molecular complexity index is 387. The molecular weight excluding hydrogens is 239 g/mol. The Kier molecular flexibility index (Phi) is 3.07. The van der Waals surface area contributed by atoms with Gasteiger partial charge in [-0.3, -0.25) is 0 Å². The zero-order valence-electron chi connectivity index (χ0n) is 7.86. The van der Waals surface area contributed by atoms with Gasteiger partial charge in [0.15, 0.2) is 0 Å². The highest BCUT2D eigenvalue weighted by atomic mass is 19.4. The van der Waals surface area contributed by atoms with Crippen molar-refractivity contribution in [2.45, 2.75) is 6.18 Å². The number of ether oxygens (including phenoxy) is 1. The number of aromatic nitrogens is 1. The largest absolute Gasteiger partial charge is 0.511 e. The van der Waals surface area contributed by atoms with Gasteiger partial charge in [-0.1, -0.05) is 11.5 Å². The Balaban J connectivity index is 3.34. The first-order chi connectivity index (χ1) is 7.16. The second kappa shape index (κ2) is 3.87. The summed E-state index contributed by atoms with van der Waals surface area (Å²) < 4.78 is 77.8. The molecule has 0 radical (unpaired) electrons. The first-order valence-corrected chi connectivity index (χ1v) is 3.97. The van der Waals surface area contributed by atoms with Crippen molar-refractivity contribution in [3.8, 4) is 5.88 Å². The molecule has 0 unspecified atom stereocenters. The third kappa shape index (κ3) is 2.58. The lowest BCUT2D eigenvalue weighted by molar-refractivity contribution is -0.139. The van der Waals surface area contributed by atoms with Gasteiger partial charge in [0.05, 0.1) is 7.11 Å². The van der Waals surface area contributed by atoms with E-state index in [2.05, 4.69) is 9.72 Å². The molecule has 0 N–H and O–H groups in total. The minimum Gasteiger partial charge on any atom is -0.481 e. The van der Waals surface area contributed by atoms with E-state index in [9.17, 15) is 26.1 Å². The van der Waals surface area contributed by atoms with E-state index >= 15 is 0 Å². The molecule has 16 heavy (non-hydrogen) atoms. The summed E-state index contributed by atoms with van der Waals surface area (Å²) in [5.74, 6) is -0.878. The van der Waals surface area contributed by atoms with E-state index in [1.807, 2.05) is 0 Å². The first-order valence-electron chi connectivity index (χ1n) is 3.97. The molecule has 0 aliphatic carbocycles. The minimum absolute atomic E-state index is 0.00810. The average Bonchev–Trinajstić information content (AvgIpc) is 2.14. The summed E-state index contributed by atoms with van der Waals surface area (Å²) in [7, 11) is 0.899. The molecule has 1 aromatic heterocycles. The van der Waals surface area contributed by atoms with Gasteiger partial charge in [0.25, 0.3) is 0 Å². The molecule has 1 rings (SSSR count). The monoisotopic (exact) mass is 244 g/mol. The van der Waals surface area contributed by atoms with Crippen molar-refractivity contribution in [3.63, 3.8) is 0 Å². The highest BCUT2D eigenvalue weighted by molar-refractivity contribution is 6.73. The number of rotatable bonds is 2. The minimum atomic E-state index is -5.52. The normalized spacial score (nSPS) is 12.7. The summed E-state index contributed by atoms with van der Waals surface area (Å²) in [6.07, 6.45) is -4.62. The van der Waals surface area contributed by atoms with Gasteiger partial charge in [-0.15, -0.1) is 0 Å². The number of halogens is 6. The smallest absolute Gasteiger partial charge is 0.481 e. The molecule has 0 aromatic carbocycles. The molecule has 0 fully saturated rings. The van der Waals surface area contributed by atoms with Crippen molar-refractivity contribution in [2.75, 3.05) is 7.11 Å². The quantitative estimate of drug-likeness (QED) is 0.587. The summed E-state index contributed by atoms with van der Waals surface area (Å²) in [5, 5.41) is 0. The number of nitrogens with zero attached hydrogens (tertiary/aromatic N) is 1. The van der Waals surface area contributed by atoms with Gasteiger partial charge >= 0.3 is 13.2 Å². The van der Waals surface area contributed by atoms with Gasteiger partial charge in [0.1, 0.15) is 5.56 Å². The number of hydrogen-bond acceptors (Lipinski definition) is 2. The Morgan fingerprint density at radius 3 is 2.19 bits per heavy atom. The molecule has 0 spiro atoms. The maximum absolute atomic E-state index is 12.3. The van der Waals surface area contributed by atoms with Gasteiger partial charge in [-0.2, -0.15) is 13.2 Å². The van der Waals surface area contributed by atoms with Crippen LogP contribution >= 0.6 is 0 Å². The Hall–Kier alpha value is -1.41. The third-order valence-electron chi connectivity index (χ3n) is 1.75. The molecule has 90 valence electrons. The summed E-state index contributed by atoms with van der Waals surface area (Å²) in [5.41, 5.74) is -2.94. The van der Waals surface area contributed by atoms with Crippen LogP contribution < -0.4 is 10.2 Å². The van der Waals surface area contributed by atoms with Crippen LogP contribution in [0, 0.1) is 0 Å². The van der Waals surface area contributed by atoms with E-state index in [1.54, 1.807) is 0 Å². The first kappa shape index (κ1) is 12.7. The van der Waals surface area contributed by atoms with Crippen LogP contribution in [0.5, 0.6) is 5.88 Å². The van der Waals surface area contributed by atoms with Crippen molar-refractivity contribution in [2.24, 2.45) is 0 Å². The molecule has 0 aliphatic rings. The van der Waals surface area contributed by atoms with Crippen LogP contribution in [0.15, 0.2) is 12.3 Å². The summed E-state index contributed by atoms with van der Waals surface area (Å²) >= 11 is 0. The van der Waals surface area contributed by atoms with Gasteiger partial charge < -0.3 is 17.7 Å². The molecule has 0 saturated heterocycles. The SMILES string of the molecule is COc1ncc([B-](F)(F)F)cc1C(F)(F)F. The topological polar surface area (TPSA) is 22.1 Å². The average molecular weight is 244 g/mol. The fourth-order valence-corrected chi connectivity index (χ4v) is 1.01. The van der Waals surface area contributed by atoms with Crippen LogP contribution in [-0.2, 0) is 6.18 Å². The zero-order valence-corrected chi connectivity index (χ0v) is 7.86. The number of alkyl halides is 3. The van der Waals surface area contributed by atoms with Gasteiger partial charge in [-0.05, 0) is 0 Å². The molecular formula is C7H5BF6NO-. The summed E-state index contributed by atoms with van der Waals surface area (Å²) in [6.45, 7) is -5.52. The van der Waals surface area contributed by atoms with E-state index in [-0.39, 0.29) is 6.07 Å². The van der Waals surface area contributed by atoms with E-state index in [0.29, 0.717) is 6.20 Å². The fourth-order valence-electron chi connectivity index (χ4n) is 1.01. The van der Waals surface area contributed by atoms with Gasteiger partial charge in [0, 0.05) is 6.20 Å². The van der Waals surface area contributed by atoms with Crippen molar-refractivity contribution in [1.82, 2.24) is 4.98 Å². The molecule has 2 nitrogen and oxygen atoms in total. The molecule has 9 heteroatoms. The lowest BCUT2D eigenvalue weighted by atomic mass is 9.81.